The van der Waals surface area contributed by atoms with E-state index in [1.54, 1.807) is 6.08 Å². The van der Waals surface area contributed by atoms with E-state index in [2.05, 4.69) is 69.0 Å². The number of benzene rings is 2. The highest BCUT2D eigenvalue weighted by Crippen LogP contribution is 2.46. The molecule has 0 bridgehead atoms. The monoisotopic (exact) mass is 318 g/mol. The molecule has 0 radical (unpaired) electrons. The smallest absolute Gasteiger partial charge is 0.133 e. The van der Waals surface area contributed by atoms with Crippen LogP contribution in [0, 0.1) is 20.8 Å². The lowest BCUT2D eigenvalue weighted by atomic mass is 9.98. The van der Waals surface area contributed by atoms with Crippen LogP contribution in [0.15, 0.2) is 66.0 Å². The Balaban J connectivity index is 1.98. The van der Waals surface area contributed by atoms with Crippen LogP contribution in [0.25, 0.3) is 0 Å². The quantitative estimate of drug-likeness (QED) is 0.747. The van der Waals surface area contributed by atoms with E-state index in [0.29, 0.717) is 0 Å². The van der Waals surface area contributed by atoms with Gasteiger partial charge in [-0.05, 0) is 56.5 Å². The van der Waals surface area contributed by atoms with Gasteiger partial charge in [0.1, 0.15) is 6.17 Å². The molecule has 2 aromatic rings. The number of allylic oxidation sites excluding steroid dienone is 2. The molecule has 2 aliphatic heterocycles. The summed E-state index contributed by atoms with van der Waals surface area (Å²) in [5.74, 6) is 0. The first-order chi connectivity index (χ1) is 12.3. The summed E-state index contributed by atoms with van der Waals surface area (Å²) in [4.78, 5) is 4.21. The Morgan fingerprint density at radius 2 is 1.58 bits per heavy atom. The normalized spacial score (nSPS) is 22.8. The molecule has 24 heavy (non-hydrogen) atoms. The van der Waals surface area contributed by atoms with Crippen LogP contribution < -0.4 is 4.90 Å². The maximum atomic E-state index is 8.58. The van der Waals surface area contributed by atoms with Gasteiger partial charge in [0.25, 0.3) is 0 Å². The average Bonchev–Trinajstić information content (AvgIpc) is 3.04. The Morgan fingerprint density at radius 1 is 0.917 bits per heavy atom. The molecule has 0 saturated heterocycles. The predicted octanol–water partition coefficient (Wildman–Crippen LogP) is 5.23. The standard InChI is InChI=1S/C22H24N2/c1-15-9-5-6-12-19(15)24-18(4)20-13-8-14-23(20)22(24)21-16(2)10-7-11-17(21)3/h5-13,22H,14H2,1-4H3/i14D2. The minimum atomic E-state index is -1.51. The summed E-state index contributed by atoms with van der Waals surface area (Å²) in [7, 11) is 0. The molecule has 2 aromatic carbocycles. The number of hydrogen-bond donors (Lipinski definition) is 0. The van der Waals surface area contributed by atoms with E-state index in [1.165, 1.54) is 22.3 Å². The third-order valence-corrected chi connectivity index (χ3v) is 5.11. The highest BCUT2D eigenvalue weighted by Gasteiger charge is 2.39. The van der Waals surface area contributed by atoms with Gasteiger partial charge in [-0.1, -0.05) is 42.5 Å². The summed E-state index contributed by atoms with van der Waals surface area (Å²) in [6, 6.07) is 14.6. The lowest BCUT2D eigenvalue weighted by Gasteiger charge is -2.36. The maximum absolute atomic E-state index is 8.58. The summed E-state index contributed by atoms with van der Waals surface area (Å²) in [5, 5.41) is 0. The van der Waals surface area contributed by atoms with Crippen molar-refractivity contribution >= 4 is 5.69 Å². The van der Waals surface area contributed by atoms with Gasteiger partial charge in [0.15, 0.2) is 0 Å². The second-order valence-corrected chi connectivity index (χ2v) is 6.64. The van der Waals surface area contributed by atoms with Crippen molar-refractivity contribution in [2.45, 2.75) is 33.9 Å². The predicted molar refractivity (Wildman–Crippen MR) is 101 cm³/mol. The zero-order chi connectivity index (χ0) is 18.6. The third kappa shape index (κ3) is 2.10. The Bertz CT molecular complexity index is 923. The molecule has 2 heterocycles. The lowest BCUT2D eigenvalue weighted by Crippen LogP contribution is -2.33. The van der Waals surface area contributed by atoms with Crippen molar-refractivity contribution in [1.29, 1.82) is 0 Å². The number of anilines is 1. The molecule has 122 valence electrons. The number of para-hydroxylation sites is 1. The van der Waals surface area contributed by atoms with E-state index in [4.69, 9.17) is 2.74 Å². The van der Waals surface area contributed by atoms with Crippen LogP contribution >= 0.6 is 0 Å². The molecular formula is C22H24N2. The van der Waals surface area contributed by atoms with Crippen LogP contribution in [0.2, 0.25) is 0 Å². The zero-order valence-electron chi connectivity index (χ0n) is 16.7. The van der Waals surface area contributed by atoms with Crippen LogP contribution in [0.5, 0.6) is 0 Å². The van der Waals surface area contributed by atoms with Gasteiger partial charge >= 0.3 is 0 Å². The SMILES string of the molecule is [2H]C1([2H])C=CC2=C(C)N(c3ccccc3C)C(c3c(C)cccc3C)N21. The molecule has 0 aliphatic carbocycles. The number of aryl methyl sites for hydroxylation is 3. The summed E-state index contributed by atoms with van der Waals surface area (Å²) in [6.45, 7) is 6.93. The van der Waals surface area contributed by atoms with Crippen molar-refractivity contribution in [3.8, 4) is 0 Å². The van der Waals surface area contributed by atoms with Crippen LogP contribution in [0.1, 0.15) is 38.1 Å². The van der Waals surface area contributed by atoms with Crippen molar-refractivity contribution in [1.82, 2.24) is 4.90 Å². The Labute approximate surface area is 147 Å². The van der Waals surface area contributed by atoms with Crippen molar-refractivity contribution < 1.29 is 2.74 Å². The first kappa shape index (κ1) is 12.9. The number of fused-ring (bicyclic) bond motifs is 1. The summed E-state index contributed by atoms with van der Waals surface area (Å²) >= 11 is 0. The third-order valence-electron chi connectivity index (χ3n) is 5.11. The van der Waals surface area contributed by atoms with Gasteiger partial charge in [0, 0.05) is 23.4 Å². The van der Waals surface area contributed by atoms with Crippen molar-refractivity contribution in [2.75, 3.05) is 11.4 Å². The van der Waals surface area contributed by atoms with Gasteiger partial charge in [-0.25, -0.2) is 0 Å². The maximum Gasteiger partial charge on any atom is 0.133 e. The lowest BCUT2D eigenvalue weighted by molar-refractivity contribution is 0.328. The van der Waals surface area contributed by atoms with E-state index in [0.717, 1.165) is 17.1 Å². The molecule has 1 unspecified atom stereocenters. The number of hydrogen-bond acceptors (Lipinski definition) is 2. The van der Waals surface area contributed by atoms with Crippen LogP contribution in [0.3, 0.4) is 0 Å². The van der Waals surface area contributed by atoms with Gasteiger partial charge in [0.05, 0.1) is 8.44 Å². The Morgan fingerprint density at radius 3 is 2.29 bits per heavy atom. The molecule has 0 N–H and O–H groups in total. The molecule has 0 amide bonds. The van der Waals surface area contributed by atoms with Gasteiger partial charge in [-0.3, -0.25) is 0 Å². The van der Waals surface area contributed by atoms with Gasteiger partial charge < -0.3 is 9.80 Å². The van der Waals surface area contributed by atoms with E-state index >= 15 is 0 Å². The molecule has 2 aliphatic rings. The molecule has 2 heteroatoms. The van der Waals surface area contributed by atoms with Gasteiger partial charge in [-0.15, -0.1) is 0 Å². The average molecular weight is 318 g/mol. The Kier molecular flexibility index (Phi) is 2.98. The van der Waals surface area contributed by atoms with Crippen molar-refractivity contribution in [3.05, 3.63) is 88.3 Å². The molecule has 1 atom stereocenters. The summed E-state index contributed by atoms with van der Waals surface area (Å²) < 4.78 is 17.2. The second-order valence-electron chi connectivity index (χ2n) is 6.64. The highest BCUT2D eigenvalue weighted by atomic mass is 15.4. The summed E-state index contributed by atoms with van der Waals surface area (Å²) in [5.41, 5.74) is 7.92. The molecule has 0 aromatic heterocycles. The van der Waals surface area contributed by atoms with Gasteiger partial charge in [0.2, 0.25) is 0 Å². The second kappa shape index (κ2) is 5.55. The molecule has 0 saturated carbocycles. The minimum Gasteiger partial charge on any atom is -0.342 e. The zero-order valence-corrected chi connectivity index (χ0v) is 14.7. The van der Waals surface area contributed by atoms with E-state index in [-0.39, 0.29) is 6.17 Å². The molecule has 4 rings (SSSR count). The Hall–Kier alpha value is -2.48. The van der Waals surface area contributed by atoms with Crippen molar-refractivity contribution in [2.24, 2.45) is 0 Å². The number of rotatable bonds is 2. The largest absolute Gasteiger partial charge is 0.342 e. The van der Waals surface area contributed by atoms with E-state index < -0.39 is 6.50 Å². The fourth-order valence-corrected chi connectivity index (χ4v) is 3.90. The minimum absolute atomic E-state index is 0.197. The van der Waals surface area contributed by atoms with Crippen LogP contribution in [-0.4, -0.2) is 11.4 Å². The molecular weight excluding hydrogens is 292 g/mol. The van der Waals surface area contributed by atoms with E-state index in [1.807, 2.05) is 17.0 Å². The molecule has 0 fully saturated rings. The first-order valence-corrected chi connectivity index (χ1v) is 8.43. The summed E-state index contributed by atoms with van der Waals surface area (Å²) in [6.07, 6.45) is 3.40. The van der Waals surface area contributed by atoms with Crippen LogP contribution in [0.4, 0.5) is 5.69 Å². The topological polar surface area (TPSA) is 6.48 Å². The molecule has 2 nitrogen and oxygen atoms in total. The highest BCUT2D eigenvalue weighted by molar-refractivity contribution is 5.64. The molecule has 0 spiro atoms. The van der Waals surface area contributed by atoms with Crippen molar-refractivity contribution in [3.63, 3.8) is 0 Å². The fourth-order valence-electron chi connectivity index (χ4n) is 3.90. The van der Waals surface area contributed by atoms with E-state index in [9.17, 15) is 0 Å². The van der Waals surface area contributed by atoms with Crippen LogP contribution in [-0.2, 0) is 0 Å². The van der Waals surface area contributed by atoms with Gasteiger partial charge in [-0.2, -0.15) is 0 Å². The number of nitrogens with zero attached hydrogens (tertiary/aromatic N) is 2. The first-order valence-electron chi connectivity index (χ1n) is 9.43. The fraction of sp³-hybridized carbons (Fsp3) is 0.273.